The monoisotopic (exact) mass is 711 g/mol. The zero-order valence-electron chi connectivity index (χ0n) is 30.7. The Hall–Kier alpha value is -5.85. The highest BCUT2D eigenvalue weighted by Crippen LogP contribution is 2.36. The summed E-state index contributed by atoms with van der Waals surface area (Å²) < 4.78 is 6.24. The Morgan fingerprint density at radius 1 is 0.792 bits per heavy atom. The van der Waals surface area contributed by atoms with Crippen LogP contribution in [0.2, 0.25) is 0 Å². The molecule has 3 N–H and O–H groups in total. The predicted octanol–water partition coefficient (Wildman–Crippen LogP) is 6.57. The number of H-pyrrole nitrogens is 2. The van der Waals surface area contributed by atoms with Crippen LogP contribution in [0, 0.1) is 0 Å². The summed E-state index contributed by atoms with van der Waals surface area (Å²) in [7, 11) is 7.66. The van der Waals surface area contributed by atoms with Crippen molar-refractivity contribution in [2.75, 3.05) is 34.7 Å². The van der Waals surface area contributed by atoms with Crippen molar-refractivity contribution in [1.29, 1.82) is 0 Å². The number of carbonyl (C=O) groups is 2. The van der Waals surface area contributed by atoms with E-state index in [1.54, 1.807) is 18.6 Å². The van der Waals surface area contributed by atoms with Crippen LogP contribution in [0.25, 0.3) is 34.2 Å². The Balaban J connectivity index is 1.04. The molecule has 7 rings (SSSR count). The lowest BCUT2D eigenvalue weighted by Crippen LogP contribution is -2.40. The van der Waals surface area contributed by atoms with E-state index in [0.717, 1.165) is 46.6 Å². The molecule has 0 saturated carbocycles. The first-order valence-electron chi connectivity index (χ1n) is 17.9. The number of carbonyl (C=O) groups excluding carboxylic acids is 2. The number of nitrogens with zero attached hydrogens (tertiary/aromatic N) is 6. The molecule has 1 fully saturated rings. The first-order valence-corrected chi connectivity index (χ1v) is 17.9. The number of amides is 2. The number of likely N-dealkylation sites (N-methyl/N-ethyl adjacent to an activating group) is 2. The fourth-order valence-corrected chi connectivity index (χ4v) is 7.14. The third-order valence-electron chi connectivity index (χ3n) is 9.75. The number of rotatable bonds is 12. The standard InChI is InChI=1S/C41H45N9O3/c1-26(45-39(51)35(48(2)3)27-14-8-6-9-15-27)37-42-23-31(46-37)29-18-12-19-30(22-29)34-25-44-40(53-34)32-24-43-38(47-32)33-20-13-21-50(33)41(52)36(49(4)5)28-16-10-7-11-17-28/h6-12,14-19,22-26,33,35-36H,13,20-21H2,1-5H3,(H,42,46)(H,43,47)(H,45,51)/t26-,33+,35+,36+/m0/s1. The number of nitrogens with one attached hydrogen (secondary N) is 3. The van der Waals surface area contributed by atoms with E-state index in [1.807, 2.05) is 135 Å². The molecule has 53 heavy (non-hydrogen) atoms. The second-order valence-corrected chi connectivity index (χ2v) is 13.9. The number of hydrogen-bond acceptors (Lipinski definition) is 8. The maximum atomic E-state index is 13.9. The minimum atomic E-state index is -0.424. The topological polar surface area (TPSA) is 139 Å². The summed E-state index contributed by atoms with van der Waals surface area (Å²) in [6.07, 6.45) is 6.91. The number of oxazole rings is 1. The largest absolute Gasteiger partial charge is 0.435 e. The zero-order valence-corrected chi connectivity index (χ0v) is 30.7. The van der Waals surface area contributed by atoms with E-state index in [4.69, 9.17) is 4.42 Å². The number of likely N-dealkylation sites (tertiary alicyclic amines) is 1. The lowest BCUT2D eigenvalue weighted by molar-refractivity contribution is -0.137. The maximum absolute atomic E-state index is 13.9. The van der Waals surface area contributed by atoms with E-state index < -0.39 is 6.04 Å². The van der Waals surface area contributed by atoms with E-state index >= 15 is 0 Å². The fourth-order valence-electron chi connectivity index (χ4n) is 7.14. The molecule has 4 heterocycles. The van der Waals surface area contributed by atoms with Crippen LogP contribution in [0.4, 0.5) is 0 Å². The molecule has 272 valence electrons. The number of hydrogen-bond donors (Lipinski definition) is 3. The molecule has 12 heteroatoms. The van der Waals surface area contributed by atoms with Crippen LogP contribution >= 0.6 is 0 Å². The van der Waals surface area contributed by atoms with Crippen LogP contribution < -0.4 is 5.32 Å². The maximum Gasteiger partial charge on any atom is 0.245 e. The molecule has 0 spiro atoms. The molecule has 1 saturated heterocycles. The summed E-state index contributed by atoms with van der Waals surface area (Å²) in [5.74, 6) is 2.34. The molecule has 0 radical (unpaired) electrons. The average molecular weight is 712 g/mol. The van der Waals surface area contributed by atoms with Crippen LogP contribution in [0.5, 0.6) is 0 Å². The molecule has 4 atom stereocenters. The van der Waals surface area contributed by atoms with Gasteiger partial charge < -0.3 is 24.6 Å². The predicted molar refractivity (Wildman–Crippen MR) is 203 cm³/mol. The highest BCUT2D eigenvalue weighted by Gasteiger charge is 2.37. The third kappa shape index (κ3) is 7.55. The van der Waals surface area contributed by atoms with Gasteiger partial charge in [0.05, 0.1) is 36.4 Å². The molecule has 0 bridgehead atoms. The highest BCUT2D eigenvalue weighted by molar-refractivity contribution is 5.84. The van der Waals surface area contributed by atoms with Gasteiger partial charge in [0, 0.05) is 17.7 Å². The molecule has 12 nitrogen and oxygen atoms in total. The average Bonchev–Trinajstić information content (AvgIpc) is 3.99. The van der Waals surface area contributed by atoms with Crippen LogP contribution in [0.3, 0.4) is 0 Å². The van der Waals surface area contributed by atoms with Crippen LogP contribution in [-0.4, -0.2) is 86.2 Å². The normalized spacial score (nSPS) is 16.2. The molecule has 0 unspecified atom stereocenters. The molecule has 3 aromatic carbocycles. The lowest BCUT2D eigenvalue weighted by Gasteiger charge is -2.31. The number of aromatic amines is 2. The van der Waals surface area contributed by atoms with Gasteiger partial charge in [-0.15, -0.1) is 0 Å². The first kappa shape index (κ1) is 35.5. The van der Waals surface area contributed by atoms with Crippen molar-refractivity contribution in [3.8, 4) is 34.2 Å². The summed E-state index contributed by atoms with van der Waals surface area (Å²) in [6, 6.07) is 26.2. The van der Waals surface area contributed by atoms with E-state index in [2.05, 4.69) is 30.2 Å². The second kappa shape index (κ2) is 15.4. The van der Waals surface area contributed by atoms with Gasteiger partial charge in [-0.1, -0.05) is 78.9 Å². The van der Waals surface area contributed by atoms with Crippen molar-refractivity contribution >= 4 is 11.8 Å². The van der Waals surface area contributed by atoms with Crippen molar-refractivity contribution in [1.82, 2.24) is 44.9 Å². The highest BCUT2D eigenvalue weighted by atomic mass is 16.4. The Labute approximate surface area is 309 Å². The van der Waals surface area contributed by atoms with E-state index in [0.29, 0.717) is 29.7 Å². The van der Waals surface area contributed by atoms with Gasteiger partial charge in [-0.2, -0.15) is 0 Å². The lowest BCUT2D eigenvalue weighted by atomic mass is 10.0. The van der Waals surface area contributed by atoms with Crippen LogP contribution in [0.1, 0.15) is 66.7 Å². The Bertz CT molecular complexity index is 2150. The number of benzene rings is 3. The Morgan fingerprint density at radius 2 is 1.45 bits per heavy atom. The summed E-state index contributed by atoms with van der Waals surface area (Å²) in [4.78, 5) is 53.6. The SMILES string of the molecule is C[C@H](NC(=O)[C@@H](c1ccccc1)N(C)C)c1ncc(-c2cccc(-c3cnc(-c4cnc([C@H]5CCCN5C(=O)[C@@H](c5ccccc5)N(C)C)[nH]4)o3)c2)[nH]1. The van der Waals surface area contributed by atoms with Gasteiger partial charge in [0.15, 0.2) is 5.76 Å². The molecular formula is C41H45N9O3. The van der Waals surface area contributed by atoms with Crippen molar-refractivity contribution in [2.45, 2.75) is 43.9 Å². The molecule has 0 aliphatic carbocycles. The molecule has 6 aromatic rings. The van der Waals surface area contributed by atoms with E-state index in [9.17, 15) is 9.59 Å². The van der Waals surface area contributed by atoms with Gasteiger partial charge in [0.1, 0.15) is 29.4 Å². The third-order valence-corrected chi connectivity index (χ3v) is 9.75. The van der Waals surface area contributed by atoms with Gasteiger partial charge in [0.25, 0.3) is 0 Å². The molecule has 1 aliphatic heterocycles. The van der Waals surface area contributed by atoms with Crippen molar-refractivity contribution in [2.24, 2.45) is 0 Å². The van der Waals surface area contributed by atoms with Gasteiger partial charge in [0.2, 0.25) is 17.7 Å². The summed E-state index contributed by atoms with van der Waals surface area (Å²) in [6.45, 7) is 2.59. The van der Waals surface area contributed by atoms with Gasteiger partial charge in [-0.05, 0) is 65.1 Å². The molecule has 1 aliphatic rings. The van der Waals surface area contributed by atoms with E-state index in [-0.39, 0.29) is 29.9 Å². The van der Waals surface area contributed by atoms with Gasteiger partial charge in [-0.3, -0.25) is 19.4 Å². The quantitative estimate of drug-likeness (QED) is 0.130. The molecular weight excluding hydrogens is 667 g/mol. The summed E-state index contributed by atoms with van der Waals surface area (Å²) in [5.41, 5.74) is 5.10. The Kier molecular flexibility index (Phi) is 10.3. The minimum absolute atomic E-state index is 0.0598. The zero-order chi connectivity index (χ0) is 37.1. The van der Waals surface area contributed by atoms with Gasteiger partial charge in [-0.25, -0.2) is 15.0 Å². The smallest absolute Gasteiger partial charge is 0.245 e. The molecule has 3 aromatic heterocycles. The number of aromatic nitrogens is 5. The minimum Gasteiger partial charge on any atom is -0.435 e. The van der Waals surface area contributed by atoms with Crippen molar-refractivity contribution in [3.05, 3.63) is 126 Å². The molecule has 2 amide bonds. The van der Waals surface area contributed by atoms with Gasteiger partial charge >= 0.3 is 0 Å². The fraction of sp³-hybridized carbons (Fsp3) is 0.293. The van der Waals surface area contributed by atoms with Crippen molar-refractivity contribution < 1.29 is 14.0 Å². The number of imidazole rings is 2. The second-order valence-electron chi connectivity index (χ2n) is 13.9. The summed E-state index contributed by atoms with van der Waals surface area (Å²) >= 11 is 0. The van der Waals surface area contributed by atoms with Crippen LogP contribution in [0.15, 0.2) is 108 Å². The summed E-state index contributed by atoms with van der Waals surface area (Å²) in [5, 5.41) is 3.11. The van der Waals surface area contributed by atoms with E-state index in [1.165, 1.54) is 0 Å². The Morgan fingerprint density at radius 3 is 2.15 bits per heavy atom. The van der Waals surface area contributed by atoms with Crippen LogP contribution in [-0.2, 0) is 9.59 Å². The first-order chi connectivity index (χ1) is 25.7. The van der Waals surface area contributed by atoms with Crippen molar-refractivity contribution in [3.63, 3.8) is 0 Å².